The molecule has 3 aromatic heterocycles. The zero-order valence-corrected chi connectivity index (χ0v) is 16.3. The van der Waals surface area contributed by atoms with Gasteiger partial charge in [-0.05, 0) is 41.9 Å². The maximum absolute atomic E-state index is 4.83. The molecule has 0 bridgehead atoms. The molecule has 0 unspecified atom stereocenters. The Morgan fingerprint density at radius 2 is 1.83 bits per heavy atom. The maximum atomic E-state index is 4.83. The van der Waals surface area contributed by atoms with Crippen molar-refractivity contribution in [2.45, 2.75) is 26.9 Å². The minimum atomic E-state index is 0.661. The first-order valence-corrected chi connectivity index (χ1v) is 9.59. The molecule has 0 atom stereocenters. The summed E-state index contributed by atoms with van der Waals surface area (Å²) < 4.78 is 8.96. The quantitative estimate of drug-likeness (QED) is 0.451. The van der Waals surface area contributed by atoms with Crippen LogP contribution in [0.15, 0.2) is 65.7 Å². The van der Waals surface area contributed by atoms with Gasteiger partial charge in [-0.25, -0.2) is 9.61 Å². The summed E-state index contributed by atoms with van der Waals surface area (Å²) in [4.78, 5) is 4.77. The van der Waals surface area contributed by atoms with Gasteiger partial charge in [-0.3, -0.25) is 4.68 Å². The van der Waals surface area contributed by atoms with Gasteiger partial charge in [-0.1, -0.05) is 36.4 Å². The van der Waals surface area contributed by atoms with E-state index in [2.05, 4.69) is 45.2 Å². The zero-order chi connectivity index (χ0) is 19.8. The third-order valence-corrected chi connectivity index (χ3v) is 5.08. The molecule has 0 aliphatic carbocycles. The van der Waals surface area contributed by atoms with Gasteiger partial charge >= 0.3 is 0 Å². The number of fused-ring (bicyclic) bond motifs is 1. The summed E-state index contributed by atoms with van der Waals surface area (Å²) in [7, 11) is 0. The van der Waals surface area contributed by atoms with Crippen LogP contribution in [-0.4, -0.2) is 29.6 Å². The first-order valence-electron chi connectivity index (χ1n) is 9.59. The summed E-state index contributed by atoms with van der Waals surface area (Å²) >= 11 is 0. The highest BCUT2D eigenvalue weighted by molar-refractivity contribution is 5.79. The molecule has 29 heavy (non-hydrogen) atoms. The Kier molecular flexibility index (Phi) is 4.20. The van der Waals surface area contributed by atoms with Crippen LogP contribution >= 0.6 is 0 Å². The molecular weight excluding hydrogens is 364 g/mol. The first kappa shape index (κ1) is 17.4. The molecule has 5 aromatic rings. The monoisotopic (exact) mass is 384 g/mol. The van der Waals surface area contributed by atoms with Gasteiger partial charge in [0.25, 0.3) is 0 Å². The van der Waals surface area contributed by atoms with E-state index in [9.17, 15) is 0 Å². The lowest BCUT2D eigenvalue weighted by molar-refractivity contribution is 0.315. The van der Waals surface area contributed by atoms with Gasteiger partial charge in [0.2, 0.25) is 0 Å². The van der Waals surface area contributed by atoms with Crippen LogP contribution in [0.2, 0.25) is 0 Å². The van der Waals surface area contributed by atoms with Crippen LogP contribution in [-0.2, 0) is 13.1 Å². The molecule has 3 heterocycles. The van der Waals surface area contributed by atoms with E-state index in [1.807, 2.05) is 54.3 Å². The van der Waals surface area contributed by atoms with Crippen molar-refractivity contribution < 1.29 is 4.63 Å². The number of benzene rings is 2. The van der Waals surface area contributed by atoms with Crippen molar-refractivity contribution >= 4 is 11.0 Å². The van der Waals surface area contributed by atoms with E-state index in [0.29, 0.717) is 6.54 Å². The highest BCUT2D eigenvalue weighted by Crippen LogP contribution is 2.33. The van der Waals surface area contributed by atoms with Gasteiger partial charge in [0.05, 0.1) is 23.4 Å². The number of aromatic nitrogens is 6. The van der Waals surface area contributed by atoms with E-state index >= 15 is 0 Å². The summed E-state index contributed by atoms with van der Waals surface area (Å²) in [6, 6.07) is 16.2. The highest BCUT2D eigenvalue weighted by atomic mass is 16.6. The number of aryl methyl sites for hydroxylation is 2. The standard InChI is InChI=1S/C22H20N6O/c1-3-28-13-18(15(2)24-28)22-21(17-7-5-4-6-8-17)23-14-27(22)12-16-9-10-19-20(11-16)26-29-25-19/h4-11,13-14H,3,12H2,1-2H3. The molecule has 0 spiro atoms. The Labute approximate surface area is 167 Å². The second-order valence-electron chi connectivity index (χ2n) is 7.01. The van der Waals surface area contributed by atoms with E-state index in [1.165, 1.54) is 0 Å². The van der Waals surface area contributed by atoms with E-state index in [0.717, 1.165) is 51.4 Å². The lowest BCUT2D eigenvalue weighted by Crippen LogP contribution is -2.01. The van der Waals surface area contributed by atoms with Crippen LogP contribution in [0.25, 0.3) is 33.5 Å². The van der Waals surface area contributed by atoms with Crippen molar-refractivity contribution in [3.63, 3.8) is 0 Å². The summed E-state index contributed by atoms with van der Waals surface area (Å²) in [5.74, 6) is 0. The Bertz CT molecular complexity index is 1280. The molecule has 0 saturated heterocycles. The normalized spacial score (nSPS) is 11.4. The van der Waals surface area contributed by atoms with E-state index in [-0.39, 0.29) is 0 Å². The molecule has 0 aliphatic heterocycles. The molecule has 7 heteroatoms. The highest BCUT2D eigenvalue weighted by Gasteiger charge is 2.19. The van der Waals surface area contributed by atoms with Gasteiger partial charge < -0.3 is 4.57 Å². The van der Waals surface area contributed by atoms with Crippen molar-refractivity contribution in [2.24, 2.45) is 0 Å². The number of hydrogen-bond acceptors (Lipinski definition) is 5. The molecule has 0 radical (unpaired) electrons. The molecule has 0 fully saturated rings. The second kappa shape index (κ2) is 7.01. The first-order chi connectivity index (χ1) is 14.2. The molecule has 0 amide bonds. The Balaban J connectivity index is 1.64. The van der Waals surface area contributed by atoms with Crippen molar-refractivity contribution in [3.05, 3.63) is 72.3 Å². The van der Waals surface area contributed by atoms with Crippen molar-refractivity contribution in [1.29, 1.82) is 0 Å². The Morgan fingerprint density at radius 1 is 1.00 bits per heavy atom. The molecule has 0 saturated carbocycles. The van der Waals surface area contributed by atoms with Crippen molar-refractivity contribution in [3.8, 4) is 22.5 Å². The predicted molar refractivity (Wildman–Crippen MR) is 110 cm³/mol. The van der Waals surface area contributed by atoms with Gasteiger partial charge in [0.15, 0.2) is 0 Å². The minimum absolute atomic E-state index is 0.661. The van der Waals surface area contributed by atoms with E-state index in [1.54, 1.807) is 0 Å². The summed E-state index contributed by atoms with van der Waals surface area (Å²) in [5, 5.41) is 12.5. The minimum Gasteiger partial charge on any atom is -0.325 e. The van der Waals surface area contributed by atoms with Crippen molar-refractivity contribution in [1.82, 2.24) is 29.6 Å². The Hall–Kier alpha value is -3.74. The summed E-state index contributed by atoms with van der Waals surface area (Å²) in [6.45, 7) is 5.62. The van der Waals surface area contributed by atoms with Crippen molar-refractivity contribution in [2.75, 3.05) is 0 Å². The third-order valence-electron chi connectivity index (χ3n) is 5.08. The van der Waals surface area contributed by atoms with Crippen LogP contribution in [0.3, 0.4) is 0 Å². The molecule has 7 nitrogen and oxygen atoms in total. The number of imidazole rings is 1. The number of nitrogens with zero attached hydrogens (tertiary/aromatic N) is 6. The molecule has 0 aliphatic rings. The second-order valence-corrected chi connectivity index (χ2v) is 7.01. The molecule has 2 aromatic carbocycles. The summed E-state index contributed by atoms with van der Waals surface area (Å²) in [5.41, 5.74) is 7.79. The predicted octanol–water partition coefficient (Wildman–Crippen LogP) is 4.33. The average molecular weight is 384 g/mol. The SMILES string of the molecule is CCn1cc(-c2c(-c3ccccc3)ncn2Cc2ccc3nonc3c2)c(C)n1. The number of hydrogen-bond donors (Lipinski definition) is 0. The molecule has 0 N–H and O–H groups in total. The van der Waals surface area contributed by atoms with Gasteiger partial charge in [-0.15, -0.1) is 0 Å². The summed E-state index contributed by atoms with van der Waals surface area (Å²) in [6.07, 6.45) is 3.99. The smallest absolute Gasteiger partial charge is 0.135 e. The van der Waals surface area contributed by atoms with E-state index < -0.39 is 0 Å². The fourth-order valence-corrected chi connectivity index (χ4v) is 3.63. The number of rotatable bonds is 5. The lowest BCUT2D eigenvalue weighted by Gasteiger charge is -2.10. The van der Waals surface area contributed by atoms with Gasteiger partial charge in [-0.2, -0.15) is 5.10 Å². The van der Waals surface area contributed by atoms with Crippen LogP contribution < -0.4 is 0 Å². The molecule has 144 valence electrons. The fourth-order valence-electron chi connectivity index (χ4n) is 3.63. The van der Waals surface area contributed by atoms with Crippen LogP contribution in [0.4, 0.5) is 0 Å². The Morgan fingerprint density at radius 3 is 2.62 bits per heavy atom. The topological polar surface area (TPSA) is 74.6 Å². The zero-order valence-electron chi connectivity index (χ0n) is 16.3. The third kappa shape index (κ3) is 3.10. The van der Waals surface area contributed by atoms with Gasteiger partial charge in [0, 0.05) is 30.4 Å². The molecule has 5 rings (SSSR count). The average Bonchev–Trinajstić information content (AvgIpc) is 3.46. The van der Waals surface area contributed by atoms with Crippen LogP contribution in [0, 0.1) is 6.92 Å². The fraction of sp³-hybridized carbons (Fsp3) is 0.182. The largest absolute Gasteiger partial charge is 0.325 e. The van der Waals surface area contributed by atoms with Gasteiger partial charge in [0.1, 0.15) is 11.0 Å². The van der Waals surface area contributed by atoms with Crippen LogP contribution in [0.5, 0.6) is 0 Å². The van der Waals surface area contributed by atoms with Crippen LogP contribution in [0.1, 0.15) is 18.2 Å². The maximum Gasteiger partial charge on any atom is 0.135 e. The van der Waals surface area contributed by atoms with E-state index in [4.69, 9.17) is 9.61 Å². The molecular formula is C22H20N6O. The lowest BCUT2D eigenvalue weighted by atomic mass is 10.1.